The molecular formula is C28H31ClN2O3. The van der Waals surface area contributed by atoms with Crippen LogP contribution in [0.3, 0.4) is 0 Å². The minimum atomic E-state index is -0.698. The van der Waals surface area contributed by atoms with Gasteiger partial charge in [0.2, 0.25) is 5.91 Å². The first-order chi connectivity index (χ1) is 16.4. The monoisotopic (exact) mass is 478 g/mol. The lowest BCUT2D eigenvalue weighted by molar-refractivity contribution is -0.142. The molecule has 0 aliphatic heterocycles. The number of nitrogens with zero attached hydrogens (tertiary/aromatic N) is 1. The van der Waals surface area contributed by atoms with Crippen LogP contribution in [-0.2, 0) is 22.6 Å². The summed E-state index contributed by atoms with van der Waals surface area (Å²) in [6.07, 6.45) is 0.391. The van der Waals surface area contributed by atoms with Gasteiger partial charge in [0, 0.05) is 24.5 Å². The van der Waals surface area contributed by atoms with Gasteiger partial charge in [-0.3, -0.25) is 9.59 Å². The third kappa shape index (κ3) is 6.84. The molecule has 0 fully saturated rings. The number of hydrogen-bond donors (Lipinski definition) is 1. The standard InChI is InChI=1S/C28H31ClN2O3/c1-4-30-28(33)25(17-22-11-6-5-7-12-22)31(18-23-13-9-14-24(29)16-23)27(32)19-34-26-15-8-10-20(2)21(26)3/h5-16,25H,4,17-19H2,1-3H3,(H,30,33). The van der Waals surface area contributed by atoms with Crippen LogP contribution >= 0.6 is 11.6 Å². The van der Waals surface area contributed by atoms with Crippen molar-refractivity contribution >= 4 is 23.4 Å². The summed E-state index contributed by atoms with van der Waals surface area (Å²) < 4.78 is 5.91. The van der Waals surface area contributed by atoms with Crippen LogP contribution in [0.5, 0.6) is 5.75 Å². The normalized spacial score (nSPS) is 11.5. The predicted molar refractivity (Wildman–Crippen MR) is 136 cm³/mol. The molecule has 0 aromatic heterocycles. The highest BCUT2D eigenvalue weighted by atomic mass is 35.5. The first-order valence-corrected chi connectivity index (χ1v) is 11.8. The van der Waals surface area contributed by atoms with Gasteiger partial charge in [-0.15, -0.1) is 0 Å². The summed E-state index contributed by atoms with van der Waals surface area (Å²) in [6, 6.07) is 22.1. The average molecular weight is 479 g/mol. The van der Waals surface area contributed by atoms with Gasteiger partial charge in [-0.25, -0.2) is 0 Å². The average Bonchev–Trinajstić information content (AvgIpc) is 2.83. The van der Waals surface area contributed by atoms with Crippen LogP contribution in [0.2, 0.25) is 5.02 Å². The van der Waals surface area contributed by atoms with Crippen molar-refractivity contribution in [2.24, 2.45) is 0 Å². The molecular weight excluding hydrogens is 448 g/mol. The molecule has 0 aliphatic carbocycles. The van der Waals surface area contributed by atoms with Crippen LogP contribution in [0.15, 0.2) is 72.8 Å². The Hall–Kier alpha value is -3.31. The summed E-state index contributed by atoms with van der Waals surface area (Å²) in [4.78, 5) is 28.3. The van der Waals surface area contributed by atoms with Crippen molar-refractivity contribution in [1.29, 1.82) is 0 Å². The van der Waals surface area contributed by atoms with Crippen molar-refractivity contribution in [1.82, 2.24) is 10.2 Å². The molecule has 0 radical (unpaired) electrons. The van der Waals surface area contributed by atoms with Gasteiger partial charge in [0.1, 0.15) is 11.8 Å². The van der Waals surface area contributed by atoms with Gasteiger partial charge >= 0.3 is 0 Å². The fourth-order valence-corrected chi connectivity index (χ4v) is 3.99. The largest absolute Gasteiger partial charge is 0.483 e. The van der Waals surface area contributed by atoms with E-state index in [0.717, 1.165) is 22.3 Å². The second-order valence-corrected chi connectivity index (χ2v) is 8.67. The lowest BCUT2D eigenvalue weighted by Crippen LogP contribution is -2.51. The SMILES string of the molecule is CCNC(=O)C(Cc1ccccc1)N(Cc1cccc(Cl)c1)C(=O)COc1cccc(C)c1C. The van der Waals surface area contributed by atoms with E-state index in [1.54, 1.807) is 11.0 Å². The third-order valence-corrected chi connectivity index (χ3v) is 6.01. The minimum Gasteiger partial charge on any atom is -0.483 e. The van der Waals surface area contributed by atoms with E-state index in [9.17, 15) is 9.59 Å². The van der Waals surface area contributed by atoms with Crippen LogP contribution < -0.4 is 10.1 Å². The van der Waals surface area contributed by atoms with Crippen molar-refractivity contribution in [2.45, 2.75) is 39.8 Å². The summed E-state index contributed by atoms with van der Waals surface area (Å²) in [5.41, 5.74) is 3.89. The molecule has 6 heteroatoms. The van der Waals surface area contributed by atoms with Crippen LogP contribution in [0.4, 0.5) is 0 Å². The van der Waals surface area contributed by atoms with Gasteiger partial charge in [0.15, 0.2) is 6.61 Å². The lowest BCUT2D eigenvalue weighted by atomic mass is 10.0. The molecule has 5 nitrogen and oxygen atoms in total. The summed E-state index contributed by atoms with van der Waals surface area (Å²) in [5, 5.41) is 3.47. The number of likely N-dealkylation sites (N-methyl/N-ethyl adjacent to an activating group) is 1. The maximum Gasteiger partial charge on any atom is 0.261 e. The molecule has 3 rings (SSSR count). The smallest absolute Gasteiger partial charge is 0.261 e. The molecule has 1 unspecified atom stereocenters. The molecule has 3 aromatic rings. The second-order valence-electron chi connectivity index (χ2n) is 8.24. The lowest BCUT2D eigenvalue weighted by Gasteiger charge is -2.31. The molecule has 2 amide bonds. The van der Waals surface area contributed by atoms with Crippen LogP contribution in [0.25, 0.3) is 0 Å². The number of carbonyl (C=O) groups excluding carboxylic acids is 2. The first-order valence-electron chi connectivity index (χ1n) is 11.4. The van der Waals surface area contributed by atoms with E-state index < -0.39 is 6.04 Å². The Morgan fingerprint density at radius 3 is 2.38 bits per heavy atom. The predicted octanol–water partition coefficient (Wildman–Crippen LogP) is 5.11. The highest BCUT2D eigenvalue weighted by Gasteiger charge is 2.30. The van der Waals surface area contributed by atoms with Gasteiger partial charge in [-0.05, 0) is 61.2 Å². The quantitative estimate of drug-likeness (QED) is 0.440. The topological polar surface area (TPSA) is 58.6 Å². The maximum atomic E-state index is 13.5. The first kappa shape index (κ1) is 25.3. The van der Waals surface area contributed by atoms with E-state index in [2.05, 4.69) is 5.32 Å². The molecule has 0 saturated carbocycles. The number of aryl methyl sites for hydroxylation is 1. The molecule has 1 atom stereocenters. The number of ether oxygens (including phenoxy) is 1. The molecule has 0 aliphatic rings. The van der Waals surface area contributed by atoms with E-state index in [0.29, 0.717) is 23.7 Å². The van der Waals surface area contributed by atoms with E-state index in [-0.39, 0.29) is 25.0 Å². The van der Waals surface area contributed by atoms with Crippen LogP contribution in [-0.4, -0.2) is 35.9 Å². The Morgan fingerprint density at radius 2 is 1.68 bits per heavy atom. The van der Waals surface area contributed by atoms with Gasteiger partial charge in [0.25, 0.3) is 5.91 Å². The summed E-state index contributed by atoms with van der Waals surface area (Å²) in [6.45, 7) is 6.37. The molecule has 0 spiro atoms. The van der Waals surface area contributed by atoms with Crippen molar-refractivity contribution in [2.75, 3.05) is 13.2 Å². The van der Waals surface area contributed by atoms with E-state index in [1.165, 1.54) is 0 Å². The highest BCUT2D eigenvalue weighted by Crippen LogP contribution is 2.22. The van der Waals surface area contributed by atoms with Gasteiger partial charge in [0.05, 0.1) is 0 Å². The Labute approximate surface area is 206 Å². The second kappa shape index (κ2) is 12.2. The molecule has 0 saturated heterocycles. The number of benzene rings is 3. The number of hydrogen-bond acceptors (Lipinski definition) is 3. The number of carbonyl (C=O) groups is 2. The Morgan fingerprint density at radius 1 is 0.971 bits per heavy atom. The highest BCUT2D eigenvalue weighted by molar-refractivity contribution is 6.30. The van der Waals surface area contributed by atoms with Crippen LogP contribution in [0.1, 0.15) is 29.2 Å². The summed E-state index contributed by atoms with van der Waals surface area (Å²) in [5.74, 6) is 0.190. The van der Waals surface area contributed by atoms with Crippen molar-refractivity contribution in [3.63, 3.8) is 0 Å². The molecule has 0 heterocycles. The maximum absolute atomic E-state index is 13.5. The molecule has 34 heavy (non-hydrogen) atoms. The Balaban J connectivity index is 1.91. The molecule has 3 aromatic carbocycles. The zero-order valence-corrected chi connectivity index (χ0v) is 20.6. The fourth-order valence-electron chi connectivity index (χ4n) is 3.78. The van der Waals surface area contributed by atoms with Gasteiger partial charge in [-0.1, -0.05) is 66.2 Å². The van der Waals surface area contributed by atoms with Gasteiger partial charge < -0.3 is 15.0 Å². The van der Waals surface area contributed by atoms with Crippen molar-refractivity contribution < 1.29 is 14.3 Å². The van der Waals surface area contributed by atoms with Gasteiger partial charge in [-0.2, -0.15) is 0 Å². The number of halogens is 1. The number of amides is 2. The summed E-state index contributed by atoms with van der Waals surface area (Å²) >= 11 is 6.20. The van der Waals surface area contributed by atoms with E-state index >= 15 is 0 Å². The fraction of sp³-hybridized carbons (Fsp3) is 0.286. The van der Waals surface area contributed by atoms with E-state index in [1.807, 2.05) is 87.5 Å². The van der Waals surface area contributed by atoms with E-state index in [4.69, 9.17) is 16.3 Å². The number of rotatable bonds is 10. The van der Waals surface area contributed by atoms with Crippen LogP contribution in [0, 0.1) is 13.8 Å². The third-order valence-electron chi connectivity index (χ3n) is 5.77. The molecule has 0 bridgehead atoms. The Bertz CT molecular complexity index is 1120. The minimum absolute atomic E-state index is 0.171. The van der Waals surface area contributed by atoms with Crippen molar-refractivity contribution in [3.8, 4) is 5.75 Å². The Kier molecular flexibility index (Phi) is 9.11. The van der Waals surface area contributed by atoms with Crippen molar-refractivity contribution in [3.05, 3.63) is 100 Å². The summed E-state index contributed by atoms with van der Waals surface area (Å²) in [7, 11) is 0. The zero-order chi connectivity index (χ0) is 24.5. The zero-order valence-electron chi connectivity index (χ0n) is 19.9. The number of nitrogens with one attached hydrogen (secondary N) is 1. The molecule has 178 valence electrons. The molecule has 1 N–H and O–H groups in total.